The van der Waals surface area contributed by atoms with E-state index in [1.165, 1.54) is 19.2 Å². The van der Waals surface area contributed by atoms with Crippen molar-refractivity contribution in [3.63, 3.8) is 0 Å². The van der Waals surface area contributed by atoms with Crippen LogP contribution in [0.1, 0.15) is 27.6 Å². The Bertz CT molecular complexity index is 868. The Morgan fingerprint density at radius 1 is 1.19 bits per heavy atom. The summed E-state index contributed by atoms with van der Waals surface area (Å²) in [6, 6.07) is 7.96. The van der Waals surface area contributed by atoms with E-state index in [1.807, 2.05) is 0 Å². The summed E-state index contributed by atoms with van der Waals surface area (Å²) in [6.07, 6.45) is 0. The smallest absolute Gasteiger partial charge is 0.338 e. The summed E-state index contributed by atoms with van der Waals surface area (Å²) >= 11 is 6.00. The van der Waals surface area contributed by atoms with Crippen LogP contribution in [0, 0.1) is 10.1 Å². The van der Waals surface area contributed by atoms with Crippen molar-refractivity contribution in [3.05, 3.63) is 62.7 Å². The van der Waals surface area contributed by atoms with Gasteiger partial charge in [-0.25, -0.2) is 4.79 Å². The normalized spacial score (nSPS) is 10.1. The number of nitrogens with zero attached hydrogens (tertiary/aromatic N) is 1. The highest BCUT2D eigenvalue weighted by atomic mass is 35.5. The summed E-state index contributed by atoms with van der Waals surface area (Å²) in [5.41, 5.74) is -0.174. The topological polar surface area (TPSA) is 108 Å². The fourth-order valence-electron chi connectivity index (χ4n) is 2.13. The molecule has 26 heavy (non-hydrogen) atoms. The molecule has 0 spiro atoms. The molecule has 136 valence electrons. The molecule has 0 bridgehead atoms. The minimum atomic E-state index is -0.752. The highest BCUT2D eigenvalue weighted by molar-refractivity contribution is 6.32. The maximum atomic E-state index is 12.4. The molecule has 9 heteroatoms. The van der Waals surface area contributed by atoms with Crippen LogP contribution in [-0.4, -0.2) is 30.5 Å². The number of halogens is 1. The first-order chi connectivity index (χ1) is 12.3. The van der Waals surface area contributed by atoms with Crippen LogP contribution in [0.2, 0.25) is 5.02 Å². The number of nitro groups is 1. The first-order valence-electron chi connectivity index (χ1n) is 7.47. The molecule has 0 aliphatic heterocycles. The number of anilines is 1. The second-order valence-corrected chi connectivity index (χ2v) is 5.46. The van der Waals surface area contributed by atoms with Gasteiger partial charge in [0.05, 0.1) is 29.2 Å². The van der Waals surface area contributed by atoms with Crippen molar-refractivity contribution in [2.45, 2.75) is 6.92 Å². The number of rotatable bonds is 6. The molecule has 8 nitrogen and oxygen atoms in total. The quantitative estimate of drug-likeness (QED) is 0.466. The van der Waals surface area contributed by atoms with Crippen LogP contribution in [-0.2, 0) is 4.74 Å². The lowest BCUT2D eigenvalue weighted by atomic mass is 10.1. The number of carbonyl (C=O) groups excluding carboxylic acids is 2. The van der Waals surface area contributed by atoms with Gasteiger partial charge in [0, 0.05) is 23.4 Å². The molecule has 0 aliphatic rings. The van der Waals surface area contributed by atoms with E-state index in [0.717, 1.165) is 12.1 Å². The lowest BCUT2D eigenvalue weighted by molar-refractivity contribution is -0.384. The Morgan fingerprint density at radius 2 is 1.88 bits per heavy atom. The molecule has 2 aromatic rings. The molecule has 0 unspecified atom stereocenters. The minimum Gasteiger partial charge on any atom is -0.495 e. The van der Waals surface area contributed by atoms with E-state index in [0.29, 0.717) is 11.4 Å². The Hall–Kier alpha value is -3.13. The van der Waals surface area contributed by atoms with E-state index >= 15 is 0 Å². The van der Waals surface area contributed by atoms with Gasteiger partial charge in [0.25, 0.3) is 11.6 Å². The Morgan fingerprint density at radius 3 is 2.46 bits per heavy atom. The molecule has 2 aromatic carbocycles. The molecule has 1 amide bonds. The monoisotopic (exact) mass is 378 g/mol. The third-order valence-electron chi connectivity index (χ3n) is 3.31. The summed E-state index contributed by atoms with van der Waals surface area (Å²) in [4.78, 5) is 34.7. The van der Waals surface area contributed by atoms with Gasteiger partial charge in [-0.3, -0.25) is 14.9 Å². The molecule has 0 aromatic heterocycles. The molecule has 0 radical (unpaired) electrons. The molecular weight excluding hydrogens is 364 g/mol. The molecule has 0 saturated heterocycles. The number of amides is 1. The van der Waals surface area contributed by atoms with Crippen molar-refractivity contribution in [3.8, 4) is 5.75 Å². The van der Waals surface area contributed by atoms with E-state index < -0.39 is 22.5 Å². The lowest BCUT2D eigenvalue weighted by Gasteiger charge is -2.09. The average Bonchev–Trinajstić information content (AvgIpc) is 2.61. The number of carbonyl (C=O) groups is 2. The number of methoxy groups -OCH3 is 1. The van der Waals surface area contributed by atoms with Crippen molar-refractivity contribution in [1.29, 1.82) is 0 Å². The van der Waals surface area contributed by atoms with Gasteiger partial charge in [-0.2, -0.15) is 0 Å². The van der Waals surface area contributed by atoms with E-state index in [-0.39, 0.29) is 22.8 Å². The van der Waals surface area contributed by atoms with Gasteiger partial charge >= 0.3 is 5.97 Å². The van der Waals surface area contributed by atoms with Crippen LogP contribution in [0.4, 0.5) is 11.4 Å². The number of esters is 1. The van der Waals surface area contributed by atoms with E-state index in [2.05, 4.69) is 5.32 Å². The third kappa shape index (κ3) is 4.48. The van der Waals surface area contributed by atoms with Gasteiger partial charge in [0.15, 0.2) is 0 Å². The van der Waals surface area contributed by atoms with Crippen LogP contribution < -0.4 is 10.1 Å². The van der Waals surface area contributed by atoms with Gasteiger partial charge in [0.1, 0.15) is 5.75 Å². The van der Waals surface area contributed by atoms with Gasteiger partial charge < -0.3 is 14.8 Å². The van der Waals surface area contributed by atoms with Crippen LogP contribution in [0.3, 0.4) is 0 Å². The number of non-ortho nitro benzene ring substituents is 1. The second-order valence-electron chi connectivity index (χ2n) is 5.05. The van der Waals surface area contributed by atoms with Crippen molar-refractivity contribution in [2.24, 2.45) is 0 Å². The first kappa shape index (κ1) is 19.2. The lowest BCUT2D eigenvalue weighted by Crippen LogP contribution is -2.14. The fraction of sp³-hybridized carbons (Fsp3) is 0.176. The number of benzene rings is 2. The van der Waals surface area contributed by atoms with Gasteiger partial charge in [-0.1, -0.05) is 11.6 Å². The highest BCUT2D eigenvalue weighted by Gasteiger charge is 2.19. The Balaban J connectivity index is 2.33. The van der Waals surface area contributed by atoms with E-state index in [9.17, 15) is 19.7 Å². The van der Waals surface area contributed by atoms with Crippen molar-refractivity contribution in [2.75, 3.05) is 19.0 Å². The zero-order chi connectivity index (χ0) is 19.3. The second kappa shape index (κ2) is 8.30. The largest absolute Gasteiger partial charge is 0.495 e. The predicted octanol–water partition coefficient (Wildman–Crippen LogP) is 3.69. The number of hydrogen-bond donors (Lipinski definition) is 1. The summed E-state index contributed by atoms with van der Waals surface area (Å²) in [6.45, 7) is 1.71. The standard InChI is InChI=1S/C17H15ClN2O6/c1-3-26-17(22)11-6-10(7-13(8-11)20(23)24)16(21)19-12-4-5-15(25-2)14(18)9-12/h4-9H,3H2,1-2H3,(H,19,21). The SMILES string of the molecule is CCOC(=O)c1cc(C(=O)Nc2ccc(OC)c(Cl)c2)cc([N+](=O)[O-])c1. The van der Waals surface area contributed by atoms with Gasteiger partial charge in [-0.05, 0) is 31.2 Å². The minimum absolute atomic E-state index is 0.0609. The van der Waals surface area contributed by atoms with E-state index in [4.69, 9.17) is 21.1 Å². The highest BCUT2D eigenvalue weighted by Crippen LogP contribution is 2.27. The van der Waals surface area contributed by atoms with E-state index in [1.54, 1.807) is 19.1 Å². The van der Waals surface area contributed by atoms with Crippen LogP contribution in [0.15, 0.2) is 36.4 Å². The molecule has 0 atom stereocenters. The molecule has 1 N–H and O–H groups in total. The van der Waals surface area contributed by atoms with Crippen LogP contribution in [0.5, 0.6) is 5.75 Å². The fourth-order valence-corrected chi connectivity index (χ4v) is 2.39. The Kier molecular flexibility index (Phi) is 6.13. The predicted molar refractivity (Wildman–Crippen MR) is 95.0 cm³/mol. The van der Waals surface area contributed by atoms with Gasteiger partial charge in [0.2, 0.25) is 0 Å². The maximum absolute atomic E-state index is 12.4. The molecule has 0 saturated carbocycles. The zero-order valence-electron chi connectivity index (χ0n) is 13.9. The molecule has 0 aliphatic carbocycles. The number of nitrogens with one attached hydrogen (secondary N) is 1. The number of hydrogen-bond acceptors (Lipinski definition) is 6. The van der Waals surface area contributed by atoms with Crippen LogP contribution in [0.25, 0.3) is 0 Å². The number of ether oxygens (including phenoxy) is 2. The number of nitro benzene ring substituents is 1. The molecule has 0 fully saturated rings. The van der Waals surface area contributed by atoms with Crippen LogP contribution >= 0.6 is 11.6 Å². The summed E-state index contributed by atoms with van der Waals surface area (Å²) in [5.74, 6) is -0.956. The van der Waals surface area contributed by atoms with Gasteiger partial charge in [-0.15, -0.1) is 0 Å². The summed E-state index contributed by atoms with van der Waals surface area (Å²) in [5, 5.41) is 13.9. The van der Waals surface area contributed by atoms with Crippen molar-refractivity contribution < 1.29 is 24.0 Å². The molecular formula is C17H15ClN2O6. The molecule has 2 rings (SSSR count). The third-order valence-corrected chi connectivity index (χ3v) is 3.61. The maximum Gasteiger partial charge on any atom is 0.338 e. The summed E-state index contributed by atoms with van der Waals surface area (Å²) < 4.78 is 9.86. The molecule has 0 heterocycles. The Labute approximate surface area is 153 Å². The average molecular weight is 379 g/mol. The zero-order valence-corrected chi connectivity index (χ0v) is 14.7. The van der Waals surface area contributed by atoms with Crippen molar-refractivity contribution in [1.82, 2.24) is 0 Å². The first-order valence-corrected chi connectivity index (χ1v) is 7.85. The summed E-state index contributed by atoms with van der Waals surface area (Å²) in [7, 11) is 1.46. The van der Waals surface area contributed by atoms with Crippen molar-refractivity contribution >= 4 is 34.9 Å².